The number of oxazole rings is 1. The van der Waals surface area contributed by atoms with Crippen LogP contribution >= 0.6 is 0 Å². The molecule has 0 aromatic carbocycles. The summed E-state index contributed by atoms with van der Waals surface area (Å²) in [6.45, 7) is 3.51. The fourth-order valence-corrected chi connectivity index (χ4v) is 4.06. The summed E-state index contributed by atoms with van der Waals surface area (Å²) in [5.74, 6) is -1.67. The molecule has 1 aliphatic rings. The van der Waals surface area contributed by atoms with Crippen molar-refractivity contribution in [1.29, 1.82) is 0 Å². The lowest BCUT2D eigenvalue weighted by Gasteiger charge is -2.33. The van der Waals surface area contributed by atoms with Crippen molar-refractivity contribution in [2.45, 2.75) is 38.8 Å². The zero-order valence-corrected chi connectivity index (χ0v) is 17.3. The van der Waals surface area contributed by atoms with Gasteiger partial charge in [-0.3, -0.25) is 4.79 Å². The normalized spacial score (nSPS) is 17.2. The minimum atomic E-state index is -3.03. The monoisotopic (exact) mass is 442 g/mol. The molecule has 0 aliphatic carbocycles. The van der Waals surface area contributed by atoms with E-state index in [4.69, 9.17) is 4.42 Å². The molecule has 0 radical (unpaired) electrons. The standard InChI is InChI=1S/C21H20F2N6O3/c1-10-4-3-6-29-14(10)8-13(27-29)17-15-12(24-9-25-15)5-7-28(17)21(31)18-16(19(22)23)26-20(32-18)11(2)30/h3-4,6,8-9,11,17,19,30H,5,7H2,1-2H3,(H,24,25)/t11?,17-/m0/s1. The van der Waals surface area contributed by atoms with E-state index in [1.807, 2.05) is 25.1 Å². The van der Waals surface area contributed by atoms with Crippen molar-refractivity contribution in [1.82, 2.24) is 29.5 Å². The molecule has 0 spiro atoms. The van der Waals surface area contributed by atoms with Gasteiger partial charge in [0, 0.05) is 24.9 Å². The third-order valence-corrected chi connectivity index (χ3v) is 5.63. The maximum absolute atomic E-state index is 13.6. The largest absolute Gasteiger partial charge is 0.432 e. The van der Waals surface area contributed by atoms with Crippen LogP contribution in [0.15, 0.2) is 35.1 Å². The third-order valence-electron chi connectivity index (χ3n) is 5.63. The summed E-state index contributed by atoms with van der Waals surface area (Å²) in [6, 6.07) is 4.97. The minimum absolute atomic E-state index is 0.235. The van der Waals surface area contributed by atoms with E-state index in [9.17, 15) is 18.7 Å². The number of aromatic amines is 1. The molecule has 0 saturated heterocycles. The second-order valence-corrected chi connectivity index (χ2v) is 7.75. The Morgan fingerprint density at radius 2 is 2.22 bits per heavy atom. The zero-order valence-electron chi connectivity index (χ0n) is 17.3. The van der Waals surface area contributed by atoms with Crippen LogP contribution in [-0.2, 0) is 6.42 Å². The number of nitrogens with zero attached hydrogens (tertiary/aromatic N) is 5. The maximum Gasteiger partial charge on any atom is 0.292 e. The number of pyridine rings is 1. The van der Waals surface area contributed by atoms with Crippen molar-refractivity contribution in [2.24, 2.45) is 0 Å². The average molecular weight is 442 g/mol. The van der Waals surface area contributed by atoms with Gasteiger partial charge in [0.2, 0.25) is 11.7 Å². The molecule has 2 N–H and O–H groups in total. The van der Waals surface area contributed by atoms with E-state index in [0.29, 0.717) is 17.8 Å². The van der Waals surface area contributed by atoms with Crippen LogP contribution in [0.5, 0.6) is 0 Å². The van der Waals surface area contributed by atoms with Gasteiger partial charge < -0.3 is 19.4 Å². The van der Waals surface area contributed by atoms with Gasteiger partial charge in [0.25, 0.3) is 12.3 Å². The minimum Gasteiger partial charge on any atom is -0.432 e. The average Bonchev–Trinajstić information content (AvgIpc) is 3.49. The number of aliphatic hydroxyl groups excluding tert-OH is 1. The number of rotatable bonds is 4. The highest BCUT2D eigenvalue weighted by atomic mass is 19.3. The number of carbonyl (C=O) groups excluding carboxylic acids is 1. The number of amides is 1. The fourth-order valence-electron chi connectivity index (χ4n) is 4.06. The first kappa shape index (κ1) is 20.3. The number of aromatic nitrogens is 5. The molecule has 5 rings (SSSR count). The molecule has 166 valence electrons. The molecule has 9 nitrogen and oxygen atoms in total. The van der Waals surface area contributed by atoms with Crippen LogP contribution in [0.25, 0.3) is 5.52 Å². The van der Waals surface area contributed by atoms with E-state index >= 15 is 0 Å². The van der Waals surface area contributed by atoms with Crippen molar-refractivity contribution in [3.8, 4) is 0 Å². The summed E-state index contributed by atoms with van der Waals surface area (Å²) in [7, 11) is 0. The maximum atomic E-state index is 13.6. The molecule has 4 aromatic heterocycles. The molecule has 5 heterocycles. The number of aliphatic hydroxyl groups is 1. The Hall–Kier alpha value is -3.60. The van der Waals surface area contributed by atoms with E-state index in [-0.39, 0.29) is 12.4 Å². The van der Waals surface area contributed by atoms with Crippen LogP contribution in [0, 0.1) is 6.92 Å². The van der Waals surface area contributed by atoms with Gasteiger partial charge in [-0.25, -0.2) is 23.3 Å². The second-order valence-electron chi connectivity index (χ2n) is 7.75. The molecule has 1 aliphatic heterocycles. The fraction of sp³-hybridized carbons (Fsp3) is 0.333. The summed E-state index contributed by atoms with van der Waals surface area (Å²) in [5.41, 5.74) is 3.07. The number of H-pyrrole nitrogens is 1. The van der Waals surface area contributed by atoms with Crippen molar-refractivity contribution in [3.63, 3.8) is 0 Å². The number of nitrogens with one attached hydrogen (secondary N) is 1. The van der Waals surface area contributed by atoms with Crippen LogP contribution in [-0.4, -0.2) is 47.0 Å². The lowest BCUT2D eigenvalue weighted by molar-refractivity contribution is 0.0631. The summed E-state index contributed by atoms with van der Waals surface area (Å²) >= 11 is 0. The van der Waals surface area contributed by atoms with Gasteiger partial charge >= 0.3 is 0 Å². The SMILES string of the molecule is Cc1cccn2nc([C@H]3c4nc[nH]c4CCN3C(=O)c3oc(C(C)O)nc3C(F)F)cc12. The van der Waals surface area contributed by atoms with Gasteiger partial charge in [0.15, 0.2) is 5.69 Å². The topological polar surface area (TPSA) is 113 Å². The van der Waals surface area contributed by atoms with Gasteiger partial charge in [-0.15, -0.1) is 0 Å². The van der Waals surface area contributed by atoms with Gasteiger partial charge in [-0.1, -0.05) is 6.07 Å². The second kappa shape index (κ2) is 7.52. The summed E-state index contributed by atoms with van der Waals surface area (Å²) in [4.78, 5) is 26.0. The lowest BCUT2D eigenvalue weighted by atomic mass is 9.99. The van der Waals surface area contributed by atoms with E-state index in [1.54, 1.807) is 10.7 Å². The Morgan fingerprint density at radius 3 is 2.94 bits per heavy atom. The predicted molar refractivity (Wildman–Crippen MR) is 107 cm³/mol. The van der Waals surface area contributed by atoms with Crippen LogP contribution in [0.1, 0.15) is 70.3 Å². The molecule has 11 heteroatoms. The molecular formula is C21H20F2N6O3. The molecule has 2 atom stereocenters. The number of fused-ring (bicyclic) bond motifs is 2. The molecule has 1 unspecified atom stereocenters. The van der Waals surface area contributed by atoms with Crippen molar-refractivity contribution >= 4 is 11.4 Å². The Kier molecular flexibility index (Phi) is 4.77. The smallest absolute Gasteiger partial charge is 0.292 e. The Morgan fingerprint density at radius 1 is 1.41 bits per heavy atom. The van der Waals surface area contributed by atoms with Gasteiger partial charge in [-0.2, -0.15) is 5.10 Å². The molecule has 0 bridgehead atoms. The van der Waals surface area contributed by atoms with Crippen LogP contribution < -0.4 is 0 Å². The molecule has 0 saturated carbocycles. The number of aryl methyl sites for hydroxylation is 1. The summed E-state index contributed by atoms with van der Waals surface area (Å²) < 4.78 is 34.2. The highest BCUT2D eigenvalue weighted by molar-refractivity contribution is 5.93. The predicted octanol–water partition coefficient (Wildman–Crippen LogP) is 3.13. The number of alkyl halides is 2. The Bertz CT molecular complexity index is 1310. The zero-order chi connectivity index (χ0) is 22.6. The van der Waals surface area contributed by atoms with E-state index in [0.717, 1.165) is 16.8 Å². The highest BCUT2D eigenvalue weighted by Crippen LogP contribution is 2.36. The number of halogens is 2. The Balaban J connectivity index is 1.63. The van der Waals surface area contributed by atoms with Crippen molar-refractivity contribution in [3.05, 3.63) is 70.7 Å². The molecule has 0 fully saturated rings. The number of imidazole rings is 1. The first-order valence-electron chi connectivity index (χ1n) is 10.1. The molecule has 4 aromatic rings. The molecule has 32 heavy (non-hydrogen) atoms. The van der Waals surface area contributed by atoms with E-state index in [1.165, 1.54) is 18.2 Å². The van der Waals surface area contributed by atoms with Crippen molar-refractivity contribution in [2.75, 3.05) is 6.54 Å². The third kappa shape index (κ3) is 3.16. The Labute approximate surface area is 180 Å². The van der Waals surface area contributed by atoms with Crippen molar-refractivity contribution < 1.29 is 23.1 Å². The number of hydrogen-bond donors (Lipinski definition) is 2. The van der Waals surface area contributed by atoms with Gasteiger partial charge in [0.1, 0.15) is 12.1 Å². The first-order chi connectivity index (χ1) is 15.3. The van der Waals surface area contributed by atoms with Gasteiger partial charge in [0.05, 0.1) is 23.2 Å². The lowest BCUT2D eigenvalue weighted by Crippen LogP contribution is -2.41. The number of carbonyl (C=O) groups is 1. The number of hydrogen-bond acceptors (Lipinski definition) is 6. The van der Waals surface area contributed by atoms with Crippen LogP contribution in [0.4, 0.5) is 8.78 Å². The summed E-state index contributed by atoms with van der Waals surface area (Å²) in [5, 5.41) is 14.3. The highest BCUT2D eigenvalue weighted by Gasteiger charge is 2.40. The van der Waals surface area contributed by atoms with E-state index < -0.39 is 35.9 Å². The van der Waals surface area contributed by atoms with Crippen LogP contribution in [0.2, 0.25) is 0 Å². The van der Waals surface area contributed by atoms with Crippen LogP contribution in [0.3, 0.4) is 0 Å². The van der Waals surface area contributed by atoms with Gasteiger partial charge in [-0.05, 0) is 31.5 Å². The molecule has 1 amide bonds. The summed E-state index contributed by atoms with van der Waals surface area (Å²) in [6.07, 6.45) is -0.465. The van der Waals surface area contributed by atoms with E-state index in [2.05, 4.69) is 20.1 Å². The quantitative estimate of drug-likeness (QED) is 0.502. The molecular weight excluding hydrogens is 422 g/mol. The first-order valence-corrected chi connectivity index (χ1v) is 10.1.